The molecule has 3 heterocycles. The van der Waals surface area contributed by atoms with E-state index in [1.54, 1.807) is 0 Å². The predicted octanol–water partition coefficient (Wildman–Crippen LogP) is -3.28. The molecule has 0 saturated carbocycles. The molecule has 0 bridgehead atoms. The summed E-state index contributed by atoms with van der Waals surface area (Å²) in [5.41, 5.74) is 11.1. The molecule has 0 radical (unpaired) electrons. The molecule has 1 aromatic rings. The van der Waals surface area contributed by atoms with Gasteiger partial charge in [0.15, 0.2) is 0 Å². The van der Waals surface area contributed by atoms with Crippen molar-refractivity contribution in [3.05, 3.63) is 18.2 Å². The quantitative estimate of drug-likeness (QED) is 0.111. The second kappa shape index (κ2) is 15.1. The van der Waals surface area contributed by atoms with Crippen LogP contribution in [0.25, 0.3) is 0 Å². The minimum atomic E-state index is -1.23. The maximum absolute atomic E-state index is 13.8. The lowest BCUT2D eigenvalue weighted by Gasteiger charge is -2.31. The van der Waals surface area contributed by atoms with Crippen molar-refractivity contribution < 1.29 is 38.7 Å². The van der Waals surface area contributed by atoms with Gasteiger partial charge in [-0.15, -0.1) is 0 Å². The molecule has 2 fully saturated rings. The number of hydrogen-bond acceptors (Lipinski definition) is 9. The Hall–Kier alpha value is -4.54. The minimum Gasteiger partial charge on any atom is -0.480 e. The number of hydrogen-bond donors (Lipinski definition) is 7. The third kappa shape index (κ3) is 8.73. The van der Waals surface area contributed by atoms with Crippen LogP contribution in [0.15, 0.2) is 12.5 Å². The zero-order valence-corrected chi connectivity index (χ0v) is 23.9. The van der Waals surface area contributed by atoms with Crippen molar-refractivity contribution in [1.82, 2.24) is 35.7 Å². The smallest absolute Gasteiger partial charge is 0.326 e. The number of aromatic amines is 1. The van der Waals surface area contributed by atoms with Crippen LogP contribution in [0.5, 0.6) is 0 Å². The normalized spacial score (nSPS) is 20.1. The number of primary amides is 1. The number of carboxylic acid groups (broad SMARTS) is 1. The molecular weight excluding hydrogens is 566 g/mol. The Bertz CT molecular complexity index is 1210. The molecule has 0 unspecified atom stereocenters. The van der Waals surface area contributed by atoms with Gasteiger partial charge in [-0.3, -0.25) is 28.8 Å². The lowest BCUT2D eigenvalue weighted by Crippen LogP contribution is -2.58. The first-order chi connectivity index (χ1) is 20.4. The summed E-state index contributed by atoms with van der Waals surface area (Å²) >= 11 is 0. The van der Waals surface area contributed by atoms with E-state index < -0.39 is 71.6 Å². The van der Waals surface area contributed by atoms with Gasteiger partial charge in [-0.25, -0.2) is 9.78 Å². The van der Waals surface area contributed by atoms with Crippen LogP contribution in [-0.2, 0) is 40.0 Å². The Kier molecular flexibility index (Phi) is 11.6. The van der Waals surface area contributed by atoms with Crippen molar-refractivity contribution in [2.24, 2.45) is 11.5 Å². The van der Waals surface area contributed by atoms with E-state index in [2.05, 4.69) is 25.9 Å². The molecule has 2 aliphatic heterocycles. The zero-order chi connectivity index (χ0) is 31.7. The molecule has 0 aromatic carbocycles. The summed E-state index contributed by atoms with van der Waals surface area (Å²) in [6, 6.07) is -5.41. The molecule has 6 amide bonds. The Labute approximate surface area is 247 Å². The van der Waals surface area contributed by atoms with Crippen molar-refractivity contribution in [2.75, 3.05) is 19.6 Å². The number of amides is 6. The Morgan fingerprint density at radius 1 is 1.00 bits per heavy atom. The summed E-state index contributed by atoms with van der Waals surface area (Å²) in [4.78, 5) is 97.5. The van der Waals surface area contributed by atoms with Crippen LogP contribution in [-0.4, -0.2) is 116 Å². The molecule has 0 aliphatic carbocycles. The van der Waals surface area contributed by atoms with E-state index in [9.17, 15) is 38.7 Å². The van der Waals surface area contributed by atoms with Crippen LogP contribution in [0.2, 0.25) is 0 Å². The highest BCUT2D eigenvalue weighted by Crippen LogP contribution is 2.22. The third-order valence-electron chi connectivity index (χ3n) is 7.50. The number of aliphatic carboxylic acids is 1. The topological polar surface area (TPSA) is 263 Å². The fourth-order valence-corrected chi connectivity index (χ4v) is 5.28. The maximum Gasteiger partial charge on any atom is 0.326 e. The second-order valence-corrected chi connectivity index (χ2v) is 10.6. The first-order valence-electron chi connectivity index (χ1n) is 14.1. The molecule has 236 valence electrons. The van der Waals surface area contributed by atoms with Crippen molar-refractivity contribution in [1.29, 1.82) is 0 Å². The lowest BCUT2D eigenvalue weighted by atomic mass is 10.1. The average Bonchev–Trinajstić information content (AvgIpc) is 3.75. The van der Waals surface area contributed by atoms with Crippen LogP contribution in [0.4, 0.5) is 0 Å². The van der Waals surface area contributed by atoms with Gasteiger partial charge in [0.1, 0.15) is 30.2 Å². The number of nitrogens with one attached hydrogen (secondary N) is 4. The van der Waals surface area contributed by atoms with E-state index in [1.165, 1.54) is 29.2 Å². The number of nitrogens with zero attached hydrogens (tertiary/aromatic N) is 3. The highest BCUT2D eigenvalue weighted by Gasteiger charge is 2.41. The highest BCUT2D eigenvalue weighted by molar-refractivity contribution is 5.96. The van der Waals surface area contributed by atoms with Gasteiger partial charge in [-0.05, 0) is 39.0 Å². The van der Waals surface area contributed by atoms with E-state index in [0.717, 1.165) is 0 Å². The van der Waals surface area contributed by atoms with Gasteiger partial charge in [0.25, 0.3) is 0 Å². The van der Waals surface area contributed by atoms with E-state index in [0.29, 0.717) is 18.5 Å². The number of aromatic nitrogens is 2. The molecule has 17 heteroatoms. The molecule has 2 aliphatic rings. The van der Waals surface area contributed by atoms with E-state index in [-0.39, 0.29) is 51.7 Å². The standard InChI is InChI=1S/C26H39N9O8/c1-14(31-21(37)11-27)22(38)33-17(10-15-12-29-13-30-15)25(41)34-8-2-4-18(34)23(39)32-16(6-7-20(28)36)24(40)35-9-3-5-19(35)26(42)43/h12-14,16-19H,2-11,27H2,1H3,(H2,28,36)(H,29,30)(H,31,37)(H,32,39)(H,33,38)(H,42,43)/t14-,16-,17-,18-,19-/m0/s1. The second-order valence-electron chi connectivity index (χ2n) is 10.6. The molecule has 3 rings (SSSR count). The number of carbonyl (C=O) groups is 7. The van der Waals surface area contributed by atoms with Crippen molar-refractivity contribution in [3.63, 3.8) is 0 Å². The molecule has 0 spiro atoms. The summed E-state index contributed by atoms with van der Waals surface area (Å²) in [5, 5.41) is 17.2. The Balaban J connectivity index is 1.77. The van der Waals surface area contributed by atoms with Gasteiger partial charge in [0.2, 0.25) is 35.4 Å². The van der Waals surface area contributed by atoms with Gasteiger partial charge in [0, 0.05) is 37.8 Å². The zero-order valence-electron chi connectivity index (χ0n) is 23.9. The van der Waals surface area contributed by atoms with Crippen LogP contribution in [0.3, 0.4) is 0 Å². The van der Waals surface area contributed by atoms with Crippen LogP contribution in [0, 0.1) is 0 Å². The number of carboxylic acids is 1. The number of rotatable bonds is 14. The summed E-state index contributed by atoms with van der Waals surface area (Å²) in [6.07, 6.45) is 4.00. The summed E-state index contributed by atoms with van der Waals surface area (Å²) in [5.74, 6) is -4.93. The van der Waals surface area contributed by atoms with E-state index >= 15 is 0 Å². The van der Waals surface area contributed by atoms with Crippen LogP contribution < -0.4 is 27.4 Å². The molecule has 9 N–H and O–H groups in total. The number of carbonyl (C=O) groups excluding carboxylic acids is 6. The monoisotopic (exact) mass is 605 g/mol. The molecular formula is C26H39N9O8. The number of nitrogens with two attached hydrogens (primary N) is 2. The SMILES string of the molecule is C[C@H](NC(=O)CN)C(=O)N[C@@H](Cc1cnc[nH]1)C(=O)N1CCC[C@H]1C(=O)N[C@@H](CCC(N)=O)C(=O)N1CCC[C@H]1C(=O)O. The van der Waals surface area contributed by atoms with Crippen LogP contribution >= 0.6 is 0 Å². The molecule has 5 atom stereocenters. The Morgan fingerprint density at radius 3 is 2.21 bits per heavy atom. The van der Waals surface area contributed by atoms with Crippen molar-refractivity contribution in [2.45, 2.75) is 82.1 Å². The number of imidazole rings is 1. The fraction of sp³-hybridized carbons (Fsp3) is 0.615. The lowest BCUT2D eigenvalue weighted by molar-refractivity contribution is -0.150. The van der Waals surface area contributed by atoms with Gasteiger partial charge < -0.3 is 47.3 Å². The van der Waals surface area contributed by atoms with E-state index in [1.807, 2.05) is 0 Å². The minimum absolute atomic E-state index is 0.0121. The van der Waals surface area contributed by atoms with Gasteiger partial charge in [0.05, 0.1) is 12.9 Å². The predicted molar refractivity (Wildman–Crippen MR) is 148 cm³/mol. The number of likely N-dealkylation sites (tertiary alicyclic amines) is 2. The van der Waals surface area contributed by atoms with Gasteiger partial charge in [-0.1, -0.05) is 0 Å². The number of H-pyrrole nitrogens is 1. The molecule has 17 nitrogen and oxygen atoms in total. The van der Waals surface area contributed by atoms with Crippen LogP contribution in [0.1, 0.15) is 51.1 Å². The first-order valence-corrected chi connectivity index (χ1v) is 14.1. The summed E-state index contributed by atoms with van der Waals surface area (Å²) in [6.45, 7) is 1.49. The molecule has 1 aromatic heterocycles. The molecule has 2 saturated heterocycles. The van der Waals surface area contributed by atoms with E-state index in [4.69, 9.17) is 11.5 Å². The fourth-order valence-electron chi connectivity index (χ4n) is 5.28. The third-order valence-corrected chi connectivity index (χ3v) is 7.50. The van der Waals surface area contributed by atoms with Crippen molar-refractivity contribution in [3.8, 4) is 0 Å². The van der Waals surface area contributed by atoms with Gasteiger partial charge in [-0.2, -0.15) is 0 Å². The molecule has 43 heavy (non-hydrogen) atoms. The first kappa shape index (κ1) is 33.0. The summed E-state index contributed by atoms with van der Waals surface area (Å²) < 4.78 is 0. The van der Waals surface area contributed by atoms with Crippen molar-refractivity contribution >= 4 is 41.4 Å². The van der Waals surface area contributed by atoms with Gasteiger partial charge >= 0.3 is 5.97 Å². The highest BCUT2D eigenvalue weighted by atomic mass is 16.4. The largest absolute Gasteiger partial charge is 0.480 e. The summed E-state index contributed by atoms with van der Waals surface area (Å²) in [7, 11) is 0. The maximum atomic E-state index is 13.8. The average molecular weight is 606 g/mol. The Morgan fingerprint density at radius 2 is 1.63 bits per heavy atom.